The van der Waals surface area contributed by atoms with Gasteiger partial charge in [0.1, 0.15) is 5.82 Å². The number of amides is 2. The Morgan fingerprint density at radius 3 is 2.85 bits per heavy atom. The number of carbonyl (C=O) groups excluding carboxylic acids is 1. The van der Waals surface area contributed by atoms with E-state index in [0.29, 0.717) is 30.4 Å². The summed E-state index contributed by atoms with van der Waals surface area (Å²) in [6.07, 6.45) is 1.76. The van der Waals surface area contributed by atoms with E-state index in [2.05, 4.69) is 37.6 Å². The minimum atomic E-state index is -0.263. The van der Waals surface area contributed by atoms with Crippen molar-refractivity contribution in [1.82, 2.24) is 25.5 Å². The van der Waals surface area contributed by atoms with Gasteiger partial charge in [0.15, 0.2) is 11.5 Å². The Morgan fingerprint density at radius 1 is 1.30 bits per heavy atom. The molecule has 3 heterocycles. The predicted molar refractivity (Wildman–Crippen MR) is 103 cm³/mol. The Morgan fingerprint density at radius 2 is 2.11 bits per heavy atom. The lowest BCUT2D eigenvalue weighted by molar-refractivity contribution is 0.0987. The number of fused-ring (bicyclic) bond motifs is 1. The van der Waals surface area contributed by atoms with Gasteiger partial charge in [0.05, 0.1) is 30.8 Å². The number of hydrogen-bond donors (Lipinski definition) is 3. The molecule has 1 fully saturated rings. The molecular weight excluding hydrogens is 346 g/mol. The van der Waals surface area contributed by atoms with Crippen LogP contribution >= 0.6 is 0 Å². The maximum atomic E-state index is 11.4. The van der Waals surface area contributed by atoms with Crippen LogP contribution in [0.3, 0.4) is 0 Å². The van der Waals surface area contributed by atoms with Crippen molar-refractivity contribution < 1.29 is 9.53 Å². The molecular formula is C18H21N7O2. The molecule has 0 bridgehead atoms. The van der Waals surface area contributed by atoms with Crippen molar-refractivity contribution in [2.24, 2.45) is 0 Å². The fourth-order valence-corrected chi connectivity index (χ4v) is 3.11. The van der Waals surface area contributed by atoms with E-state index in [4.69, 9.17) is 9.72 Å². The molecule has 2 aromatic heterocycles. The first-order valence-electron chi connectivity index (χ1n) is 8.80. The summed E-state index contributed by atoms with van der Waals surface area (Å²) in [6, 6.07) is 7.37. The smallest absolute Gasteiger partial charge is 0.318 e. The van der Waals surface area contributed by atoms with Crippen LogP contribution in [0.5, 0.6) is 0 Å². The third kappa shape index (κ3) is 3.41. The van der Waals surface area contributed by atoms with E-state index in [0.717, 1.165) is 23.3 Å². The Balaban J connectivity index is 1.71. The molecule has 3 aromatic rings. The van der Waals surface area contributed by atoms with Crippen LogP contribution in [-0.4, -0.2) is 59.0 Å². The van der Waals surface area contributed by atoms with Crippen molar-refractivity contribution in [1.29, 1.82) is 0 Å². The second-order valence-corrected chi connectivity index (χ2v) is 6.40. The van der Waals surface area contributed by atoms with Crippen molar-refractivity contribution in [3.05, 3.63) is 30.5 Å². The molecule has 1 atom stereocenters. The van der Waals surface area contributed by atoms with Gasteiger partial charge in [-0.05, 0) is 31.2 Å². The average molecular weight is 367 g/mol. The number of aromatic nitrogens is 4. The highest BCUT2D eigenvalue weighted by molar-refractivity contribution is 5.90. The zero-order valence-electron chi connectivity index (χ0n) is 15.2. The maximum Gasteiger partial charge on any atom is 0.318 e. The number of ether oxygens (including phenoxy) is 1. The van der Waals surface area contributed by atoms with Crippen LogP contribution in [0.4, 0.5) is 16.3 Å². The standard InChI is InChI=1S/C18H21N7O2/c1-11-10-27-8-7-25(11)17-14-9-20-24-16(14)22-15(23-17)12-3-5-13(6-4-12)21-18(26)19-2/h3-6,9,11H,7-8,10H2,1-2H3,(H2,19,21,26)(H,20,22,23,24)/t11-/m1/s1. The quantitative estimate of drug-likeness (QED) is 0.653. The van der Waals surface area contributed by atoms with Crippen LogP contribution in [-0.2, 0) is 4.74 Å². The highest BCUT2D eigenvalue weighted by atomic mass is 16.5. The Hall–Kier alpha value is -3.20. The summed E-state index contributed by atoms with van der Waals surface area (Å²) in [5.41, 5.74) is 2.25. The van der Waals surface area contributed by atoms with E-state index >= 15 is 0 Å². The monoisotopic (exact) mass is 367 g/mol. The largest absolute Gasteiger partial charge is 0.377 e. The number of nitrogens with one attached hydrogen (secondary N) is 3. The Bertz CT molecular complexity index is 954. The van der Waals surface area contributed by atoms with Crippen LogP contribution < -0.4 is 15.5 Å². The van der Waals surface area contributed by atoms with Gasteiger partial charge >= 0.3 is 6.03 Å². The van der Waals surface area contributed by atoms with Gasteiger partial charge in [-0.15, -0.1) is 0 Å². The first-order valence-corrected chi connectivity index (χ1v) is 8.80. The number of benzene rings is 1. The van der Waals surface area contributed by atoms with E-state index in [-0.39, 0.29) is 12.1 Å². The molecule has 140 valence electrons. The fraction of sp³-hybridized carbons (Fsp3) is 0.333. The van der Waals surface area contributed by atoms with Gasteiger partial charge in [-0.3, -0.25) is 5.10 Å². The molecule has 0 saturated carbocycles. The van der Waals surface area contributed by atoms with Crippen molar-refractivity contribution in [2.45, 2.75) is 13.0 Å². The highest BCUT2D eigenvalue weighted by Gasteiger charge is 2.24. The molecule has 1 aliphatic heterocycles. The van der Waals surface area contributed by atoms with Crippen molar-refractivity contribution >= 4 is 28.6 Å². The molecule has 27 heavy (non-hydrogen) atoms. The molecule has 0 radical (unpaired) electrons. The van der Waals surface area contributed by atoms with Gasteiger partial charge < -0.3 is 20.3 Å². The number of anilines is 2. The molecule has 0 aliphatic carbocycles. The molecule has 4 rings (SSSR count). The normalized spacial score (nSPS) is 17.1. The molecule has 3 N–H and O–H groups in total. The average Bonchev–Trinajstić information content (AvgIpc) is 3.17. The first-order chi connectivity index (χ1) is 13.2. The lowest BCUT2D eigenvalue weighted by atomic mass is 10.2. The summed E-state index contributed by atoms with van der Waals surface area (Å²) in [4.78, 5) is 23.1. The van der Waals surface area contributed by atoms with E-state index in [1.807, 2.05) is 24.3 Å². The summed E-state index contributed by atoms with van der Waals surface area (Å²) < 4.78 is 5.55. The Labute approximate surface area is 156 Å². The third-order valence-electron chi connectivity index (χ3n) is 4.56. The zero-order valence-corrected chi connectivity index (χ0v) is 15.2. The molecule has 9 nitrogen and oxygen atoms in total. The first kappa shape index (κ1) is 17.2. The number of rotatable bonds is 3. The van der Waals surface area contributed by atoms with Crippen LogP contribution in [0.2, 0.25) is 0 Å². The summed E-state index contributed by atoms with van der Waals surface area (Å²) in [7, 11) is 1.57. The fourth-order valence-electron chi connectivity index (χ4n) is 3.11. The summed E-state index contributed by atoms with van der Waals surface area (Å²) in [5, 5.41) is 13.2. The van der Waals surface area contributed by atoms with E-state index in [1.165, 1.54) is 0 Å². The number of carbonyl (C=O) groups is 1. The van der Waals surface area contributed by atoms with Gasteiger partial charge in [-0.25, -0.2) is 14.8 Å². The number of hydrogen-bond acceptors (Lipinski definition) is 6. The minimum absolute atomic E-state index is 0.221. The van der Waals surface area contributed by atoms with Crippen LogP contribution in [0.25, 0.3) is 22.4 Å². The van der Waals surface area contributed by atoms with Gasteiger partial charge in [0.25, 0.3) is 0 Å². The van der Waals surface area contributed by atoms with Gasteiger partial charge in [0.2, 0.25) is 0 Å². The number of nitrogens with zero attached hydrogens (tertiary/aromatic N) is 4. The molecule has 9 heteroatoms. The van der Waals surface area contributed by atoms with Gasteiger partial charge in [-0.1, -0.05) is 0 Å². The SMILES string of the molecule is CNC(=O)Nc1ccc(-c2nc(N3CCOC[C@H]3C)c3cn[nH]c3n2)cc1. The van der Waals surface area contributed by atoms with Crippen molar-refractivity contribution in [3.8, 4) is 11.4 Å². The second kappa shape index (κ2) is 7.20. The topological polar surface area (TPSA) is 108 Å². The molecule has 1 aliphatic rings. The van der Waals surface area contributed by atoms with E-state index in [1.54, 1.807) is 13.2 Å². The second-order valence-electron chi connectivity index (χ2n) is 6.40. The molecule has 0 spiro atoms. The number of H-pyrrole nitrogens is 1. The third-order valence-corrected chi connectivity index (χ3v) is 4.56. The van der Waals surface area contributed by atoms with Crippen LogP contribution in [0.1, 0.15) is 6.92 Å². The minimum Gasteiger partial charge on any atom is -0.377 e. The van der Waals surface area contributed by atoms with Crippen LogP contribution in [0, 0.1) is 0 Å². The zero-order chi connectivity index (χ0) is 18.8. The Kier molecular flexibility index (Phi) is 4.59. The summed E-state index contributed by atoms with van der Waals surface area (Å²) >= 11 is 0. The van der Waals surface area contributed by atoms with Gasteiger partial charge in [0, 0.05) is 24.8 Å². The molecule has 1 saturated heterocycles. The molecule has 2 amide bonds. The van der Waals surface area contributed by atoms with E-state index < -0.39 is 0 Å². The number of aromatic amines is 1. The van der Waals surface area contributed by atoms with E-state index in [9.17, 15) is 4.79 Å². The highest BCUT2D eigenvalue weighted by Crippen LogP contribution is 2.29. The summed E-state index contributed by atoms with van der Waals surface area (Å²) in [6.45, 7) is 4.22. The molecule has 1 aromatic carbocycles. The number of urea groups is 1. The summed E-state index contributed by atoms with van der Waals surface area (Å²) in [5.74, 6) is 1.46. The molecule has 0 unspecified atom stereocenters. The van der Waals surface area contributed by atoms with Gasteiger partial charge in [-0.2, -0.15) is 5.10 Å². The van der Waals surface area contributed by atoms with Crippen LogP contribution in [0.15, 0.2) is 30.5 Å². The lowest BCUT2D eigenvalue weighted by Crippen LogP contribution is -2.44. The predicted octanol–water partition coefficient (Wildman–Crippen LogP) is 2.00. The van der Waals surface area contributed by atoms with Crippen molar-refractivity contribution in [3.63, 3.8) is 0 Å². The maximum absolute atomic E-state index is 11.4. The van der Waals surface area contributed by atoms with Crippen molar-refractivity contribution in [2.75, 3.05) is 37.0 Å². The number of morpholine rings is 1. The lowest BCUT2D eigenvalue weighted by Gasteiger charge is -2.34.